The van der Waals surface area contributed by atoms with E-state index in [0.29, 0.717) is 35.3 Å². The van der Waals surface area contributed by atoms with E-state index in [1.54, 1.807) is 17.5 Å². The molecule has 0 atom stereocenters. The molecule has 0 aliphatic heterocycles. The highest BCUT2D eigenvalue weighted by Crippen LogP contribution is 2.22. The SMILES string of the molecule is CCN(CCN(CC)S(=O)(=O)c1cccs1)c1nc(Cc2ccc(Cl)cc2)ns1. The van der Waals surface area contributed by atoms with Gasteiger partial charge in [-0.3, -0.25) is 0 Å². The summed E-state index contributed by atoms with van der Waals surface area (Å²) >= 11 is 8.52. The molecule has 0 radical (unpaired) electrons. The Morgan fingerprint density at radius 1 is 1.07 bits per heavy atom. The molecular formula is C19H23ClN4O2S3. The molecular weight excluding hydrogens is 448 g/mol. The Hall–Kier alpha value is -1.52. The van der Waals surface area contributed by atoms with Gasteiger partial charge in [-0.05, 0) is 36.1 Å². The van der Waals surface area contributed by atoms with Crippen LogP contribution in [-0.4, -0.2) is 48.3 Å². The van der Waals surface area contributed by atoms with Gasteiger partial charge in [-0.25, -0.2) is 13.4 Å². The molecule has 0 unspecified atom stereocenters. The fraction of sp³-hybridized carbons (Fsp3) is 0.368. The summed E-state index contributed by atoms with van der Waals surface area (Å²) in [6.07, 6.45) is 0.638. The van der Waals surface area contributed by atoms with Crippen LogP contribution in [0.5, 0.6) is 0 Å². The second kappa shape index (κ2) is 9.99. The van der Waals surface area contributed by atoms with Crippen LogP contribution in [0.15, 0.2) is 46.0 Å². The standard InChI is InChI=1S/C19H23ClN4O2S3/c1-3-23(11-12-24(4-2)29(25,26)18-6-5-13-27-18)19-21-17(22-28-19)14-15-7-9-16(20)10-8-15/h5-10,13H,3-4,11-12,14H2,1-2H3. The largest absolute Gasteiger partial charge is 0.346 e. The number of sulfonamides is 1. The average molecular weight is 471 g/mol. The van der Waals surface area contributed by atoms with E-state index in [2.05, 4.69) is 14.3 Å². The van der Waals surface area contributed by atoms with Crippen molar-refractivity contribution in [1.82, 2.24) is 13.7 Å². The van der Waals surface area contributed by atoms with E-state index < -0.39 is 10.0 Å². The molecule has 0 aliphatic carbocycles. The summed E-state index contributed by atoms with van der Waals surface area (Å²) in [7, 11) is -3.45. The van der Waals surface area contributed by atoms with Gasteiger partial charge in [-0.1, -0.05) is 36.7 Å². The summed E-state index contributed by atoms with van der Waals surface area (Å²) in [5, 5.41) is 3.29. The van der Waals surface area contributed by atoms with Crippen molar-refractivity contribution >= 4 is 49.6 Å². The Labute approximate surface area is 185 Å². The molecule has 0 saturated carbocycles. The summed E-state index contributed by atoms with van der Waals surface area (Å²) in [5.74, 6) is 0.754. The number of thiophene rings is 1. The van der Waals surface area contributed by atoms with E-state index in [1.165, 1.54) is 27.2 Å². The second-order valence-electron chi connectivity index (χ2n) is 6.30. The van der Waals surface area contributed by atoms with Crippen molar-refractivity contribution in [2.45, 2.75) is 24.5 Å². The lowest BCUT2D eigenvalue weighted by atomic mass is 10.1. The first-order valence-corrected chi connectivity index (χ1v) is 12.8. The van der Waals surface area contributed by atoms with Crippen LogP contribution in [0.3, 0.4) is 0 Å². The fourth-order valence-electron chi connectivity index (χ4n) is 2.84. The zero-order valence-electron chi connectivity index (χ0n) is 16.3. The predicted molar refractivity (Wildman–Crippen MR) is 121 cm³/mol. The molecule has 0 fully saturated rings. The Bertz CT molecular complexity index is 1000. The first-order valence-electron chi connectivity index (χ1n) is 9.29. The van der Waals surface area contributed by atoms with Gasteiger partial charge in [0.1, 0.15) is 10.0 Å². The highest BCUT2D eigenvalue weighted by molar-refractivity contribution is 7.91. The minimum atomic E-state index is -3.45. The number of aromatic nitrogens is 2. The van der Waals surface area contributed by atoms with Crippen molar-refractivity contribution < 1.29 is 8.42 Å². The van der Waals surface area contributed by atoms with Crippen LogP contribution in [-0.2, 0) is 16.4 Å². The summed E-state index contributed by atoms with van der Waals surface area (Å²) in [6.45, 7) is 6.00. The molecule has 0 bridgehead atoms. The number of hydrogen-bond acceptors (Lipinski definition) is 7. The molecule has 2 aromatic heterocycles. The smallest absolute Gasteiger partial charge is 0.252 e. The third kappa shape index (κ3) is 5.55. The number of nitrogens with zero attached hydrogens (tertiary/aromatic N) is 4. The molecule has 0 N–H and O–H groups in total. The van der Waals surface area contributed by atoms with E-state index in [-0.39, 0.29) is 0 Å². The lowest BCUT2D eigenvalue weighted by molar-refractivity contribution is 0.432. The maximum Gasteiger partial charge on any atom is 0.252 e. The van der Waals surface area contributed by atoms with Crippen LogP contribution in [0.25, 0.3) is 0 Å². The van der Waals surface area contributed by atoms with Crippen molar-refractivity contribution in [2.75, 3.05) is 31.1 Å². The van der Waals surface area contributed by atoms with Crippen molar-refractivity contribution in [3.63, 3.8) is 0 Å². The van der Waals surface area contributed by atoms with Crippen LogP contribution in [0.1, 0.15) is 25.2 Å². The van der Waals surface area contributed by atoms with Gasteiger partial charge in [0.25, 0.3) is 10.0 Å². The lowest BCUT2D eigenvalue weighted by Gasteiger charge is -2.24. The molecule has 0 aliphatic rings. The number of anilines is 1. The monoisotopic (exact) mass is 470 g/mol. The van der Waals surface area contributed by atoms with Crippen molar-refractivity contribution in [2.24, 2.45) is 0 Å². The molecule has 2 heterocycles. The van der Waals surface area contributed by atoms with Crippen LogP contribution >= 0.6 is 34.5 Å². The summed E-state index contributed by atoms with van der Waals surface area (Å²) < 4.78 is 31.9. The predicted octanol–water partition coefficient (Wildman–Crippen LogP) is 4.38. The highest BCUT2D eigenvalue weighted by Gasteiger charge is 2.24. The number of benzene rings is 1. The van der Waals surface area contributed by atoms with Gasteiger partial charge in [-0.2, -0.15) is 8.68 Å². The van der Waals surface area contributed by atoms with Crippen LogP contribution in [0, 0.1) is 0 Å². The molecule has 0 spiro atoms. The van der Waals surface area contributed by atoms with Gasteiger partial charge in [0, 0.05) is 49.2 Å². The molecule has 29 heavy (non-hydrogen) atoms. The van der Waals surface area contributed by atoms with E-state index in [1.807, 2.05) is 38.1 Å². The Morgan fingerprint density at radius 3 is 2.45 bits per heavy atom. The third-order valence-electron chi connectivity index (χ3n) is 4.45. The number of halogens is 1. The molecule has 3 aromatic rings. The summed E-state index contributed by atoms with van der Waals surface area (Å²) in [4.78, 5) is 6.71. The fourth-order valence-corrected chi connectivity index (χ4v) is 6.32. The Kier molecular flexibility index (Phi) is 7.64. The van der Waals surface area contributed by atoms with Crippen molar-refractivity contribution in [3.05, 3.63) is 58.2 Å². The molecule has 3 rings (SSSR count). The van der Waals surface area contributed by atoms with Crippen molar-refractivity contribution in [1.29, 1.82) is 0 Å². The summed E-state index contributed by atoms with van der Waals surface area (Å²) in [6, 6.07) is 11.1. The van der Waals surface area contributed by atoms with Gasteiger partial charge in [0.2, 0.25) is 5.13 Å². The van der Waals surface area contributed by atoms with E-state index in [0.717, 1.165) is 23.1 Å². The molecule has 0 amide bonds. The first kappa shape index (κ1) is 22.2. The minimum absolute atomic E-state index is 0.378. The van der Waals surface area contributed by atoms with Crippen LogP contribution in [0.2, 0.25) is 5.02 Å². The first-order chi connectivity index (χ1) is 13.9. The van der Waals surface area contributed by atoms with E-state index in [4.69, 9.17) is 11.6 Å². The highest BCUT2D eigenvalue weighted by atomic mass is 35.5. The number of rotatable bonds is 10. The van der Waals surface area contributed by atoms with Gasteiger partial charge >= 0.3 is 0 Å². The maximum atomic E-state index is 12.8. The number of hydrogen-bond donors (Lipinski definition) is 0. The molecule has 1 aromatic carbocycles. The second-order valence-corrected chi connectivity index (χ2v) is 10.6. The number of likely N-dealkylation sites (N-methyl/N-ethyl adjacent to an activating group) is 2. The third-order valence-corrected chi connectivity index (χ3v) is 8.86. The normalized spacial score (nSPS) is 11.9. The van der Waals surface area contributed by atoms with E-state index >= 15 is 0 Å². The lowest BCUT2D eigenvalue weighted by Crippen LogP contribution is -2.38. The average Bonchev–Trinajstić information content (AvgIpc) is 3.40. The molecule has 6 nitrogen and oxygen atoms in total. The van der Waals surface area contributed by atoms with Gasteiger partial charge in [-0.15, -0.1) is 11.3 Å². The Morgan fingerprint density at radius 2 is 1.83 bits per heavy atom. The molecule has 156 valence electrons. The summed E-state index contributed by atoms with van der Waals surface area (Å²) in [5.41, 5.74) is 1.10. The minimum Gasteiger partial charge on any atom is -0.346 e. The van der Waals surface area contributed by atoms with Crippen LogP contribution < -0.4 is 4.90 Å². The molecule has 0 saturated heterocycles. The van der Waals surface area contributed by atoms with Crippen molar-refractivity contribution in [3.8, 4) is 0 Å². The topological polar surface area (TPSA) is 66.4 Å². The van der Waals surface area contributed by atoms with Crippen LogP contribution in [0.4, 0.5) is 5.13 Å². The van der Waals surface area contributed by atoms with Gasteiger partial charge < -0.3 is 4.90 Å². The van der Waals surface area contributed by atoms with Gasteiger partial charge in [0.05, 0.1) is 0 Å². The zero-order valence-corrected chi connectivity index (χ0v) is 19.5. The quantitative estimate of drug-likeness (QED) is 0.440. The van der Waals surface area contributed by atoms with Gasteiger partial charge in [0.15, 0.2) is 0 Å². The maximum absolute atomic E-state index is 12.8. The Balaban J connectivity index is 1.65. The van der Waals surface area contributed by atoms with E-state index in [9.17, 15) is 8.42 Å². The molecule has 10 heteroatoms. The zero-order chi connectivity index (χ0) is 20.9.